The van der Waals surface area contributed by atoms with Gasteiger partial charge in [0.25, 0.3) is 11.6 Å². The minimum Gasteiger partial charge on any atom is -0.322 e. The molecular weight excluding hydrogens is 437 g/mol. The van der Waals surface area contributed by atoms with E-state index >= 15 is 0 Å². The van der Waals surface area contributed by atoms with Crippen molar-refractivity contribution >= 4 is 51.4 Å². The van der Waals surface area contributed by atoms with E-state index in [9.17, 15) is 14.9 Å². The Labute approximate surface area is 187 Å². The first kappa shape index (κ1) is 20.8. The number of rotatable bonds is 4. The molecule has 1 amide bonds. The highest BCUT2D eigenvalue weighted by Crippen LogP contribution is 2.32. The van der Waals surface area contributed by atoms with Crippen LogP contribution in [0.1, 0.15) is 15.9 Å². The number of fused-ring (bicyclic) bond motifs is 1. The van der Waals surface area contributed by atoms with Crippen LogP contribution in [0.3, 0.4) is 0 Å². The Hall–Kier alpha value is -3.48. The number of carbonyl (C=O) groups is 1. The van der Waals surface area contributed by atoms with Crippen LogP contribution in [0.2, 0.25) is 10.0 Å². The molecule has 0 radical (unpaired) electrons. The molecule has 0 fully saturated rings. The van der Waals surface area contributed by atoms with Gasteiger partial charge in [-0.1, -0.05) is 47.5 Å². The van der Waals surface area contributed by atoms with Crippen LogP contribution < -0.4 is 5.32 Å². The molecule has 0 unspecified atom stereocenters. The molecule has 0 spiro atoms. The summed E-state index contributed by atoms with van der Waals surface area (Å²) in [6.07, 6.45) is 0. The van der Waals surface area contributed by atoms with Gasteiger partial charge in [0.2, 0.25) is 0 Å². The second-order valence-electron chi connectivity index (χ2n) is 6.91. The summed E-state index contributed by atoms with van der Waals surface area (Å²) in [6.45, 7) is 1.64. The van der Waals surface area contributed by atoms with Crippen molar-refractivity contribution in [2.75, 3.05) is 5.32 Å². The van der Waals surface area contributed by atoms with E-state index < -0.39 is 10.8 Å². The molecule has 1 N–H and O–H groups in total. The molecule has 8 heteroatoms. The quantitative estimate of drug-likeness (QED) is 0.277. The van der Waals surface area contributed by atoms with E-state index in [1.807, 2.05) is 12.1 Å². The van der Waals surface area contributed by atoms with Gasteiger partial charge in [-0.3, -0.25) is 14.9 Å². The first-order valence-electron chi connectivity index (χ1n) is 9.25. The molecule has 3 aromatic carbocycles. The molecule has 0 aliphatic rings. The highest BCUT2D eigenvalue weighted by molar-refractivity contribution is 6.36. The smallest absolute Gasteiger partial charge is 0.274 e. The molecule has 154 valence electrons. The van der Waals surface area contributed by atoms with Crippen molar-refractivity contribution in [2.24, 2.45) is 0 Å². The zero-order valence-corrected chi connectivity index (χ0v) is 17.7. The fourth-order valence-corrected chi connectivity index (χ4v) is 3.79. The van der Waals surface area contributed by atoms with E-state index in [2.05, 4.69) is 10.3 Å². The monoisotopic (exact) mass is 451 g/mol. The number of pyridine rings is 1. The molecule has 0 saturated carbocycles. The molecule has 4 aromatic rings. The number of hydrogen-bond acceptors (Lipinski definition) is 4. The van der Waals surface area contributed by atoms with Gasteiger partial charge in [-0.15, -0.1) is 0 Å². The highest BCUT2D eigenvalue weighted by atomic mass is 35.5. The third kappa shape index (κ3) is 4.21. The van der Waals surface area contributed by atoms with Crippen molar-refractivity contribution in [1.82, 2.24) is 4.98 Å². The van der Waals surface area contributed by atoms with Gasteiger partial charge >= 0.3 is 0 Å². The summed E-state index contributed by atoms with van der Waals surface area (Å²) in [5, 5.41) is 15.5. The maximum absolute atomic E-state index is 13.2. The van der Waals surface area contributed by atoms with E-state index in [0.717, 1.165) is 0 Å². The summed E-state index contributed by atoms with van der Waals surface area (Å²) < 4.78 is 0. The van der Waals surface area contributed by atoms with Crippen LogP contribution in [0.25, 0.3) is 22.2 Å². The van der Waals surface area contributed by atoms with Crippen LogP contribution in [0.5, 0.6) is 0 Å². The lowest BCUT2D eigenvalue weighted by Crippen LogP contribution is -2.13. The van der Waals surface area contributed by atoms with Crippen LogP contribution in [-0.4, -0.2) is 15.8 Å². The summed E-state index contributed by atoms with van der Waals surface area (Å²) in [6, 6.07) is 18.5. The summed E-state index contributed by atoms with van der Waals surface area (Å²) in [4.78, 5) is 28.5. The molecule has 4 rings (SSSR count). The van der Waals surface area contributed by atoms with E-state index in [1.165, 1.54) is 6.07 Å². The van der Waals surface area contributed by atoms with Gasteiger partial charge in [-0.05, 0) is 43.3 Å². The Balaban J connectivity index is 1.80. The molecule has 0 atom stereocenters. The molecule has 1 heterocycles. The number of nitrogens with one attached hydrogen (secondary N) is 1. The molecule has 31 heavy (non-hydrogen) atoms. The third-order valence-electron chi connectivity index (χ3n) is 4.83. The van der Waals surface area contributed by atoms with Crippen LogP contribution in [0, 0.1) is 17.0 Å². The summed E-state index contributed by atoms with van der Waals surface area (Å²) >= 11 is 12.4. The predicted molar refractivity (Wildman–Crippen MR) is 123 cm³/mol. The fraction of sp³-hybridized carbons (Fsp3) is 0.0435. The lowest BCUT2D eigenvalue weighted by Gasteiger charge is -2.12. The van der Waals surface area contributed by atoms with Crippen molar-refractivity contribution in [3.63, 3.8) is 0 Å². The average molecular weight is 452 g/mol. The standard InChI is InChI=1S/C23H15Cl2N3O3/c1-13-6-8-15(11-22(13)28(30)31)26-23(29)18-12-21(17-9-7-14(24)10-19(17)25)27-20-5-3-2-4-16(18)20/h2-12H,1H3,(H,26,29). The zero-order chi connectivity index (χ0) is 22.1. The number of nitro benzene ring substituents is 1. The van der Waals surface area contributed by atoms with Crippen LogP contribution in [-0.2, 0) is 0 Å². The Bertz CT molecular complexity index is 1360. The van der Waals surface area contributed by atoms with Crippen molar-refractivity contribution in [3.8, 4) is 11.3 Å². The number of aromatic nitrogens is 1. The lowest BCUT2D eigenvalue weighted by molar-refractivity contribution is -0.385. The number of para-hydroxylation sites is 1. The van der Waals surface area contributed by atoms with Gasteiger partial charge in [0.05, 0.1) is 26.7 Å². The maximum atomic E-state index is 13.2. The van der Waals surface area contributed by atoms with E-state index in [4.69, 9.17) is 23.2 Å². The van der Waals surface area contributed by atoms with Crippen molar-refractivity contribution in [2.45, 2.75) is 6.92 Å². The maximum Gasteiger partial charge on any atom is 0.274 e. The van der Waals surface area contributed by atoms with Crippen molar-refractivity contribution < 1.29 is 9.72 Å². The largest absolute Gasteiger partial charge is 0.322 e. The number of nitro groups is 1. The molecule has 1 aromatic heterocycles. The van der Waals surface area contributed by atoms with Gasteiger partial charge in [0, 0.05) is 33.3 Å². The molecular formula is C23H15Cl2N3O3. The van der Waals surface area contributed by atoms with E-state index in [1.54, 1.807) is 55.5 Å². The first-order valence-corrected chi connectivity index (χ1v) is 10.0. The minimum absolute atomic E-state index is 0.0639. The van der Waals surface area contributed by atoms with Crippen LogP contribution >= 0.6 is 23.2 Å². The number of carbonyl (C=O) groups excluding carboxylic acids is 1. The molecule has 0 aliphatic carbocycles. The van der Waals surface area contributed by atoms with E-state index in [-0.39, 0.29) is 5.69 Å². The summed E-state index contributed by atoms with van der Waals surface area (Å²) in [5.41, 5.74) is 2.91. The Morgan fingerprint density at radius 1 is 1.03 bits per heavy atom. The number of aryl methyl sites for hydroxylation is 1. The first-order chi connectivity index (χ1) is 14.8. The average Bonchev–Trinajstić information content (AvgIpc) is 2.74. The van der Waals surface area contributed by atoms with Crippen LogP contribution in [0.15, 0.2) is 66.7 Å². The van der Waals surface area contributed by atoms with Gasteiger partial charge in [0.15, 0.2) is 0 Å². The normalized spacial score (nSPS) is 10.8. The summed E-state index contributed by atoms with van der Waals surface area (Å²) in [7, 11) is 0. The molecule has 0 bridgehead atoms. The number of amides is 1. The fourth-order valence-electron chi connectivity index (χ4n) is 3.28. The highest BCUT2D eigenvalue weighted by Gasteiger charge is 2.17. The lowest BCUT2D eigenvalue weighted by atomic mass is 10.0. The second-order valence-corrected chi connectivity index (χ2v) is 7.75. The van der Waals surface area contributed by atoms with Crippen molar-refractivity contribution in [1.29, 1.82) is 0 Å². The minimum atomic E-state index is -0.479. The number of hydrogen-bond donors (Lipinski definition) is 1. The number of anilines is 1. The Morgan fingerprint density at radius 3 is 2.55 bits per heavy atom. The SMILES string of the molecule is Cc1ccc(NC(=O)c2cc(-c3ccc(Cl)cc3Cl)nc3ccccc23)cc1[N+](=O)[O-]. The molecule has 0 aliphatic heterocycles. The van der Waals surface area contributed by atoms with Gasteiger partial charge in [0.1, 0.15) is 0 Å². The number of benzene rings is 3. The van der Waals surface area contributed by atoms with E-state index in [0.29, 0.717) is 49.0 Å². The Morgan fingerprint density at radius 2 is 1.81 bits per heavy atom. The summed E-state index contributed by atoms with van der Waals surface area (Å²) in [5.74, 6) is -0.414. The van der Waals surface area contributed by atoms with Crippen molar-refractivity contribution in [3.05, 3.63) is 98.0 Å². The predicted octanol–water partition coefficient (Wildman–Crippen LogP) is 6.68. The zero-order valence-electron chi connectivity index (χ0n) is 16.2. The molecule has 6 nitrogen and oxygen atoms in total. The van der Waals surface area contributed by atoms with Crippen LogP contribution in [0.4, 0.5) is 11.4 Å². The molecule has 0 saturated heterocycles. The number of nitrogens with zero attached hydrogens (tertiary/aromatic N) is 2. The number of halogens is 2. The topological polar surface area (TPSA) is 85.1 Å². The van der Waals surface area contributed by atoms with Gasteiger partial charge in [-0.25, -0.2) is 4.98 Å². The van der Waals surface area contributed by atoms with Gasteiger partial charge in [-0.2, -0.15) is 0 Å². The Kier molecular flexibility index (Phi) is 5.59. The van der Waals surface area contributed by atoms with Gasteiger partial charge < -0.3 is 5.32 Å². The third-order valence-corrected chi connectivity index (χ3v) is 5.38. The second kappa shape index (κ2) is 8.34.